The third kappa shape index (κ3) is 1.31. The number of hydrogen-bond donors (Lipinski definition) is 1. The van der Waals surface area contributed by atoms with Crippen molar-refractivity contribution in [2.45, 2.75) is 24.1 Å². The Hall–Kier alpha value is -0.300. The third-order valence-electron chi connectivity index (χ3n) is 2.45. The minimum atomic E-state index is 0.100. The molecular weight excluding hydrogens is 216 g/mol. The van der Waals surface area contributed by atoms with Crippen LogP contribution < -0.4 is 0 Å². The van der Waals surface area contributed by atoms with Gasteiger partial charge in [0.2, 0.25) is 0 Å². The molecular formula is C10H11BrO. The molecule has 1 fully saturated rings. The Balaban J connectivity index is 2.25. The first-order valence-electron chi connectivity index (χ1n) is 4.24. The highest BCUT2D eigenvalue weighted by Gasteiger charge is 2.20. The second-order valence-electron chi connectivity index (χ2n) is 3.21. The van der Waals surface area contributed by atoms with Crippen LogP contribution in [0.2, 0.25) is 0 Å². The van der Waals surface area contributed by atoms with E-state index < -0.39 is 0 Å². The second-order valence-corrected chi connectivity index (χ2v) is 4.32. The molecule has 2 heteroatoms. The minimum Gasteiger partial charge on any atom is -0.395 e. The van der Waals surface area contributed by atoms with Crippen LogP contribution in [0.1, 0.15) is 19.3 Å². The Bertz CT molecular complexity index is 295. The van der Waals surface area contributed by atoms with Gasteiger partial charge in [0, 0.05) is 0 Å². The maximum Gasteiger partial charge on any atom is 0.0664 e. The summed E-state index contributed by atoms with van der Waals surface area (Å²) in [4.78, 5) is 0.100. The first kappa shape index (κ1) is 8.31. The van der Waals surface area contributed by atoms with Crippen LogP contribution in [-0.4, -0.2) is 16.5 Å². The number of fused-ring (bicyclic) bond motifs is 1. The average Bonchev–Trinajstić information content (AvgIpc) is 2.06. The van der Waals surface area contributed by atoms with E-state index in [2.05, 4.69) is 27.7 Å². The number of alkyl halides is 1. The topological polar surface area (TPSA) is 20.2 Å². The van der Waals surface area contributed by atoms with Crippen molar-refractivity contribution in [1.82, 2.24) is 0 Å². The van der Waals surface area contributed by atoms with Gasteiger partial charge in [-0.05, 0) is 36.0 Å². The largest absolute Gasteiger partial charge is 0.395 e. The molecule has 1 saturated carbocycles. The average molecular weight is 227 g/mol. The molecule has 1 atom stereocenters. The number of halogens is 1. The second kappa shape index (κ2) is 3.21. The summed E-state index contributed by atoms with van der Waals surface area (Å²) in [5.74, 6) is 0. The van der Waals surface area contributed by atoms with Crippen molar-refractivity contribution in [3.63, 3.8) is 0 Å². The summed E-state index contributed by atoms with van der Waals surface area (Å²) in [7, 11) is 0. The molecule has 0 heterocycles. The van der Waals surface area contributed by atoms with Gasteiger partial charge in [-0.15, -0.1) is 5.73 Å². The molecule has 2 aliphatic carbocycles. The Morgan fingerprint density at radius 2 is 2.42 bits per heavy atom. The molecule has 2 rings (SSSR count). The molecule has 0 aromatic heterocycles. The van der Waals surface area contributed by atoms with Crippen LogP contribution in [0.15, 0.2) is 28.5 Å². The summed E-state index contributed by atoms with van der Waals surface area (Å²) in [6, 6.07) is 0. The quantitative estimate of drug-likeness (QED) is 0.567. The fourth-order valence-corrected chi connectivity index (χ4v) is 1.86. The van der Waals surface area contributed by atoms with Gasteiger partial charge in [0.05, 0.1) is 11.4 Å². The lowest BCUT2D eigenvalue weighted by molar-refractivity contribution is 0.305. The van der Waals surface area contributed by atoms with Crippen LogP contribution >= 0.6 is 15.9 Å². The number of allylic oxidation sites excluding steroid dienone is 2. The molecule has 0 aromatic rings. The Morgan fingerprint density at radius 3 is 2.92 bits per heavy atom. The van der Waals surface area contributed by atoms with Crippen LogP contribution in [0.5, 0.6) is 0 Å². The van der Waals surface area contributed by atoms with E-state index in [0.29, 0.717) is 0 Å². The first-order valence-corrected chi connectivity index (χ1v) is 5.15. The van der Waals surface area contributed by atoms with Crippen molar-refractivity contribution in [2.24, 2.45) is 0 Å². The van der Waals surface area contributed by atoms with Crippen LogP contribution in [0.4, 0.5) is 0 Å². The van der Waals surface area contributed by atoms with Gasteiger partial charge in [0.15, 0.2) is 0 Å². The minimum absolute atomic E-state index is 0.100. The fourth-order valence-electron chi connectivity index (χ4n) is 1.56. The predicted octanol–water partition coefficient (Wildman–Crippen LogP) is 2.32. The normalized spacial score (nSPS) is 23.0. The van der Waals surface area contributed by atoms with E-state index in [1.54, 1.807) is 0 Å². The molecule has 1 N–H and O–H groups in total. The number of rotatable bonds is 2. The standard InChI is InChI=1S/C10H11BrO/c11-10(6-12)9-4-2-7-1-3-8(7)5-9/h2,10,12H,1,3-4,6H2. The molecule has 1 nitrogen and oxygen atoms in total. The highest BCUT2D eigenvalue weighted by atomic mass is 79.9. The smallest absolute Gasteiger partial charge is 0.0664 e. The molecule has 1 unspecified atom stereocenters. The van der Waals surface area contributed by atoms with Gasteiger partial charge in [-0.1, -0.05) is 22.0 Å². The molecule has 0 amide bonds. The molecule has 64 valence electrons. The molecule has 0 spiro atoms. The summed E-state index contributed by atoms with van der Waals surface area (Å²) in [6.45, 7) is 0.165. The van der Waals surface area contributed by atoms with E-state index in [4.69, 9.17) is 5.11 Å². The zero-order valence-electron chi connectivity index (χ0n) is 6.81. The highest BCUT2D eigenvalue weighted by molar-refractivity contribution is 9.09. The van der Waals surface area contributed by atoms with Crippen molar-refractivity contribution in [3.8, 4) is 0 Å². The predicted molar refractivity (Wildman–Crippen MR) is 52.3 cm³/mol. The van der Waals surface area contributed by atoms with Crippen molar-refractivity contribution < 1.29 is 5.11 Å². The van der Waals surface area contributed by atoms with Gasteiger partial charge in [-0.25, -0.2) is 0 Å². The summed E-state index contributed by atoms with van der Waals surface area (Å²) < 4.78 is 0. The Labute approximate surface area is 80.6 Å². The molecule has 0 saturated heterocycles. The Morgan fingerprint density at radius 1 is 1.58 bits per heavy atom. The van der Waals surface area contributed by atoms with E-state index in [1.807, 2.05) is 0 Å². The van der Waals surface area contributed by atoms with Gasteiger partial charge < -0.3 is 5.11 Å². The summed E-state index contributed by atoms with van der Waals surface area (Å²) >= 11 is 3.42. The van der Waals surface area contributed by atoms with Crippen molar-refractivity contribution in [1.29, 1.82) is 0 Å². The monoisotopic (exact) mass is 226 g/mol. The summed E-state index contributed by atoms with van der Waals surface area (Å²) in [5, 5.41) is 8.92. The van der Waals surface area contributed by atoms with Gasteiger partial charge in [0.25, 0.3) is 0 Å². The Kier molecular flexibility index (Phi) is 2.22. The lowest BCUT2D eigenvalue weighted by atomic mass is 9.81. The van der Waals surface area contributed by atoms with Gasteiger partial charge >= 0.3 is 0 Å². The van der Waals surface area contributed by atoms with Crippen LogP contribution in [0.3, 0.4) is 0 Å². The van der Waals surface area contributed by atoms with E-state index in [9.17, 15) is 0 Å². The van der Waals surface area contributed by atoms with E-state index in [0.717, 1.165) is 6.42 Å². The van der Waals surface area contributed by atoms with E-state index in [-0.39, 0.29) is 11.4 Å². The first-order chi connectivity index (χ1) is 5.81. The van der Waals surface area contributed by atoms with Gasteiger partial charge in [0.1, 0.15) is 0 Å². The van der Waals surface area contributed by atoms with Gasteiger partial charge in [-0.2, -0.15) is 0 Å². The maximum absolute atomic E-state index is 8.92. The van der Waals surface area contributed by atoms with Crippen LogP contribution in [-0.2, 0) is 0 Å². The summed E-state index contributed by atoms with van der Waals surface area (Å²) in [6.07, 6.45) is 5.60. The molecule has 12 heavy (non-hydrogen) atoms. The molecule has 0 bridgehead atoms. The highest BCUT2D eigenvalue weighted by Crippen LogP contribution is 2.36. The van der Waals surface area contributed by atoms with Crippen molar-refractivity contribution >= 4 is 15.9 Å². The number of aliphatic hydroxyl groups is 1. The van der Waals surface area contributed by atoms with Crippen molar-refractivity contribution in [2.75, 3.05) is 6.61 Å². The van der Waals surface area contributed by atoms with Crippen LogP contribution in [0, 0.1) is 0 Å². The fraction of sp³-hybridized carbons (Fsp3) is 0.500. The van der Waals surface area contributed by atoms with Gasteiger partial charge in [-0.3, -0.25) is 0 Å². The van der Waals surface area contributed by atoms with Crippen LogP contribution in [0.25, 0.3) is 0 Å². The maximum atomic E-state index is 8.92. The number of hydrogen-bond acceptors (Lipinski definition) is 1. The van der Waals surface area contributed by atoms with E-state index >= 15 is 0 Å². The zero-order valence-corrected chi connectivity index (χ0v) is 8.39. The third-order valence-corrected chi connectivity index (χ3v) is 3.29. The number of aliphatic hydroxyl groups excluding tert-OH is 1. The van der Waals surface area contributed by atoms with E-state index in [1.165, 1.54) is 29.6 Å². The van der Waals surface area contributed by atoms with Crippen molar-refractivity contribution in [3.05, 3.63) is 28.5 Å². The lowest BCUT2D eigenvalue weighted by Gasteiger charge is -2.24. The molecule has 0 radical (unpaired) electrons. The SMILES string of the molecule is OCC(Br)C1=C=C2CCC2=CC1. The molecule has 0 aliphatic heterocycles. The zero-order chi connectivity index (χ0) is 8.55. The lowest BCUT2D eigenvalue weighted by Crippen LogP contribution is -2.12. The molecule has 2 aliphatic rings. The molecule has 0 aromatic carbocycles. The summed E-state index contributed by atoms with van der Waals surface area (Å²) in [5.41, 5.74) is 7.38.